The lowest BCUT2D eigenvalue weighted by molar-refractivity contribution is -0.142. The maximum Gasteiger partial charge on any atom is 0.254 e. The van der Waals surface area contributed by atoms with E-state index in [9.17, 15) is 23.2 Å². The maximum absolute atomic E-state index is 14.6. The van der Waals surface area contributed by atoms with Crippen molar-refractivity contribution in [1.29, 1.82) is 0 Å². The largest absolute Gasteiger partial charge is 0.354 e. The first-order valence-electron chi connectivity index (χ1n) is 17.3. The highest BCUT2D eigenvalue weighted by Crippen LogP contribution is 2.23. The number of nitrogens with two attached hydrogens (primary N) is 1. The van der Waals surface area contributed by atoms with E-state index < -0.39 is 35.5 Å². The molecule has 0 heterocycles. The zero-order chi connectivity index (χ0) is 37.2. The van der Waals surface area contributed by atoms with Crippen LogP contribution in [0.1, 0.15) is 45.6 Å². The Labute approximate surface area is 304 Å². The number of carbonyl (C=O) groups excluding carboxylic acids is 3. The van der Waals surface area contributed by atoms with Crippen molar-refractivity contribution >= 4 is 17.7 Å². The highest BCUT2D eigenvalue weighted by molar-refractivity contribution is 5.98. The summed E-state index contributed by atoms with van der Waals surface area (Å²) in [6, 6.07) is 35.3. The van der Waals surface area contributed by atoms with Gasteiger partial charge in [-0.2, -0.15) is 0 Å². The van der Waals surface area contributed by atoms with Gasteiger partial charge >= 0.3 is 0 Å². The molecule has 0 radical (unpaired) electrons. The van der Waals surface area contributed by atoms with Gasteiger partial charge in [-0.25, -0.2) is 8.78 Å². The maximum atomic E-state index is 14.6. The molecule has 9 heteroatoms. The molecule has 7 nitrogen and oxygen atoms in total. The first-order valence-corrected chi connectivity index (χ1v) is 17.3. The third-order valence-electron chi connectivity index (χ3n) is 9.31. The van der Waals surface area contributed by atoms with Gasteiger partial charge in [0.25, 0.3) is 5.91 Å². The number of amides is 3. The molecule has 0 aliphatic rings. The number of benzene rings is 5. The van der Waals surface area contributed by atoms with Crippen molar-refractivity contribution in [3.63, 3.8) is 0 Å². The van der Waals surface area contributed by atoms with Crippen LogP contribution in [0.5, 0.6) is 0 Å². The minimum absolute atomic E-state index is 0.0802. The van der Waals surface area contributed by atoms with E-state index >= 15 is 0 Å². The molecule has 5 aromatic carbocycles. The third kappa shape index (κ3) is 9.56. The van der Waals surface area contributed by atoms with Gasteiger partial charge in [-0.1, -0.05) is 103 Å². The van der Waals surface area contributed by atoms with Crippen LogP contribution >= 0.6 is 0 Å². The molecular formula is C43H44F2N4O3. The van der Waals surface area contributed by atoms with Crippen molar-refractivity contribution in [2.45, 2.75) is 44.3 Å². The van der Waals surface area contributed by atoms with Gasteiger partial charge in [0, 0.05) is 45.1 Å². The monoisotopic (exact) mass is 702 g/mol. The Balaban J connectivity index is 1.45. The number of nitrogens with one attached hydrogen (secondary N) is 1. The normalized spacial score (nSPS) is 12.7. The second-order valence-corrected chi connectivity index (χ2v) is 13.1. The number of likely N-dealkylation sites (N-methyl/N-ethyl adjacent to an activating group) is 2. The van der Waals surface area contributed by atoms with Crippen molar-refractivity contribution in [3.8, 4) is 11.1 Å². The minimum Gasteiger partial charge on any atom is -0.354 e. The molecule has 0 bridgehead atoms. The highest BCUT2D eigenvalue weighted by Gasteiger charge is 2.35. The second-order valence-electron chi connectivity index (χ2n) is 13.1. The Bertz CT molecular complexity index is 1970. The van der Waals surface area contributed by atoms with Gasteiger partial charge in [-0.15, -0.1) is 0 Å². The van der Waals surface area contributed by atoms with Gasteiger partial charge in [-0.3, -0.25) is 14.4 Å². The Morgan fingerprint density at radius 1 is 0.654 bits per heavy atom. The lowest BCUT2D eigenvalue weighted by Gasteiger charge is -2.35. The van der Waals surface area contributed by atoms with Crippen LogP contribution in [0.25, 0.3) is 11.1 Å². The fourth-order valence-corrected chi connectivity index (χ4v) is 6.15. The van der Waals surface area contributed by atoms with Crippen LogP contribution in [0.2, 0.25) is 0 Å². The first-order chi connectivity index (χ1) is 25.0. The molecule has 5 rings (SSSR count). The molecule has 3 amide bonds. The van der Waals surface area contributed by atoms with E-state index in [1.165, 1.54) is 22.9 Å². The summed E-state index contributed by atoms with van der Waals surface area (Å²) in [4.78, 5) is 45.2. The molecular weight excluding hydrogens is 658 g/mol. The fraction of sp³-hybridized carbons (Fsp3) is 0.233. The summed E-state index contributed by atoms with van der Waals surface area (Å²) in [6.07, 6.45) is 0.631. The number of nitrogens with zero attached hydrogens (tertiary/aromatic N) is 2. The van der Waals surface area contributed by atoms with Crippen LogP contribution in [-0.2, 0) is 28.9 Å². The van der Waals surface area contributed by atoms with Crippen LogP contribution in [0.3, 0.4) is 0 Å². The molecule has 3 N–H and O–H groups in total. The second kappa shape index (κ2) is 17.5. The molecule has 5 aromatic rings. The van der Waals surface area contributed by atoms with Crippen molar-refractivity contribution in [3.05, 3.63) is 167 Å². The van der Waals surface area contributed by atoms with Crippen molar-refractivity contribution < 1.29 is 23.2 Å². The van der Waals surface area contributed by atoms with Crippen LogP contribution < -0.4 is 11.1 Å². The zero-order valence-corrected chi connectivity index (χ0v) is 29.6. The molecule has 1 unspecified atom stereocenters. The van der Waals surface area contributed by atoms with Crippen molar-refractivity contribution in [2.24, 2.45) is 5.73 Å². The number of rotatable bonds is 14. The molecule has 0 aliphatic carbocycles. The molecule has 0 aromatic heterocycles. The SMILES string of the molecule is CC(N)c1cccc(C(=O)N(C)[C@H](Cc2ccc(-c3ccccc3)cc2)C(=O)N(C)[C@H](Cc2ccc(F)c(F)c2)C(=O)NCCc2ccccc2)c1. The van der Waals surface area contributed by atoms with Gasteiger partial charge in [0.1, 0.15) is 12.1 Å². The number of carbonyl (C=O) groups is 3. The molecule has 3 atom stereocenters. The predicted molar refractivity (Wildman–Crippen MR) is 200 cm³/mol. The number of hydrogen-bond acceptors (Lipinski definition) is 4. The lowest BCUT2D eigenvalue weighted by Crippen LogP contribution is -2.56. The van der Waals surface area contributed by atoms with Crippen LogP contribution in [-0.4, -0.2) is 60.2 Å². The van der Waals surface area contributed by atoms with Gasteiger partial charge in [0.15, 0.2) is 11.6 Å². The average molecular weight is 703 g/mol. The van der Waals surface area contributed by atoms with Crippen molar-refractivity contribution in [2.75, 3.05) is 20.6 Å². The summed E-state index contributed by atoms with van der Waals surface area (Å²) in [5, 5.41) is 2.93. The zero-order valence-electron chi connectivity index (χ0n) is 29.6. The summed E-state index contributed by atoms with van der Waals surface area (Å²) in [7, 11) is 3.07. The summed E-state index contributed by atoms with van der Waals surface area (Å²) < 4.78 is 28.2. The van der Waals surface area contributed by atoms with E-state index in [0.717, 1.165) is 39.9 Å². The van der Waals surface area contributed by atoms with E-state index in [-0.39, 0.29) is 24.8 Å². The summed E-state index contributed by atoms with van der Waals surface area (Å²) in [5.74, 6) is -3.40. The Kier molecular flexibility index (Phi) is 12.7. The van der Waals surface area contributed by atoms with Crippen LogP contribution in [0.4, 0.5) is 8.78 Å². The molecule has 52 heavy (non-hydrogen) atoms. The smallest absolute Gasteiger partial charge is 0.254 e. The molecule has 0 spiro atoms. The van der Waals surface area contributed by atoms with E-state index in [1.807, 2.05) is 97.9 Å². The van der Waals surface area contributed by atoms with Crippen LogP contribution in [0, 0.1) is 11.6 Å². The Morgan fingerprint density at radius 3 is 1.92 bits per heavy atom. The van der Waals surface area contributed by atoms with E-state index in [1.54, 1.807) is 25.2 Å². The van der Waals surface area contributed by atoms with Gasteiger partial charge < -0.3 is 20.9 Å². The Morgan fingerprint density at radius 2 is 1.27 bits per heavy atom. The van der Waals surface area contributed by atoms with Crippen LogP contribution in [0.15, 0.2) is 127 Å². The lowest BCUT2D eigenvalue weighted by atomic mass is 9.97. The summed E-state index contributed by atoms with van der Waals surface area (Å²) >= 11 is 0. The molecule has 0 saturated heterocycles. The van der Waals surface area contributed by atoms with Gasteiger partial charge in [-0.05, 0) is 71.0 Å². The third-order valence-corrected chi connectivity index (χ3v) is 9.31. The van der Waals surface area contributed by atoms with E-state index in [0.29, 0.717) is 24.1 Å². The molecule has 268 valence electrons. The minimum atomic E-state index is -1.10. The summed E-state index contributed by atoms with van der Waals surface area (Å²) in [5.41, 5.74) is 11.5. The highest BCUT2D eigenvalue weighted by atomic mass is 19.2. The standard InChI is InChI=1S/C43H44F2N4O3/c1-29(46)35-15-10-16-36(28-35)42(51)49(3)40(26-31-17-20-34(21-18-31)33-13-8-5-9-14-33)43(52)48(2)39(27-32-19-22-37(44)38(45)25-32)41(50)47-24-23-30-11-6-4-7-12-30/h4-22,25,28-29,39-40H,23-24,26-27,46H2,1-3H3,(H,47,50)/t29?,39-,40-/m1/s1. The number of hydrogen-bond donors (Lipinski definition) is 2. The summed E-state index contributed by atoms with van der Waals surface area (Å²) in [6.45, 7) is 2.12. The molecule has 0 fully saturated rings. The Hall–Kier alpha value is -5.67. The predicted octanol–water partition coefficient (Wildman–Crippen LogP) is 6.76. The quantitative estimate of drug-likeness (QED) is 0.134. The van der Waals surface area contributed by atoms with Crippen molar-refractivity contribution in [1.82, 2.24) is 15.1 Å². The van der Waals surface area contributed by atoms with Gasteiger partial charge in [0.2, 0.25) is 11.8 Å². The van der Waals surface area contributed by atoms with E-state index in [4.69, 9.17) is 5.73 Å². The molecule has 0 aliphatic heterocycles. The molecule has 0 saturated carbocycles. The average Bonchev–Trinajstić information content (AvgIpc) is 3.17. The van der Waals surface area contributed by atoms with E-state index in [2.05, 4.69) is 5.32 Å². The van der Waals surface area contributed by atoms with Gasteiger partial charge in [0.05, 0.1) is 0 Å². The first kappa shape index (κ1) is 37.6. The number of halogens is 2. The topological polar surface area (TPSA) is 95.7 Å². The fourth-order valence-electron chi connectivity index (χ4n) is 6.15.